The number of hydrogen-bond donors (Lipinski definition) is 1. The maximum atomic E-state index is 9.37. The molecule has 1 aromatic carbocycles. The van der Waals surface area contributed by atoms with Crippen LogP contribution >= 0.6 is 0 Å². The van der Waals surface area contributed by atoms with E-state index in [9.17, 15) is 5.11 Å². The minimum Gasteiger partial charge on any atom is -0.394 e. The Morgan fingerprint density at radius 3 is 2.70 bits per heavy atom. The van der Waals surface area contributed by atoms with Gasteiger partial charge in [-0.2, -0.15) is 0 Å². The number of aliphatic hydroxyl groups excluding tert-OH is 1. The number of benzene rings is 1. The van der Waals surface area contributed by atoms with Gasteiger partial charge in [0.15, 0.2) is 6.23 Å². The number of aliphatic hydroxyl groups is 1. The number of aromatic nitrogens is 1. The highest BCUT2D eigenvalue weighted by Gasteiger charge is 2.34. The zero-order valence-electron chi connectivity index (χ0n) is 11.4. The third-order valence-electron chi connectivity index (χ3n) is 3.51. The molecule has 0 amide bonds. The van der Waals surface area contributed by atoms with Gasteiger partial charge in [-0.25, -0.2) is 0 Å². The first kappa shape index (κ1) is 13.1. The van der Waals surface area contributed by atoms with Crippen molar-refractivity contribution in [2.45, 2.75) is 19.3 Å². The molecule has 0 saturated carbocycles. The van der Waals surface area contributed by atoms with Crippen molar-refractivity contribution in [3.05, 3.63) is 59.9 Å². The summed E-state index contributed by atoms with van der Waals surface area (Å²) in [5, 5.41) is 9.37. The van der Waals surface area contributed by atoms with Gasteiger partial charge in [-0.05, 0) is 31.2 Å². The summed E-state index contributed by atoms with van der Waals surface area (Å²) in [7, 11) is 0. The Labute approximate surface area is 118 Å². The Morgan fingerprint density at radius 1 is 1.25 bits per heavy atom. The van der Waals surface area contributed by atoms with Crippen LogP contribution in [-0.4, -0.2) is 29.3 Å². The van der Waals surface area contributed by atoms with Crippen molar-refractivity contribution < 1.29 is 9.84 Å². The standard InChI is InChI=1S/C16H18N2O2/c1-12-5-7-13(8-6-12)18-10-14(11-19)20-16(18)15-4-2-3-9-17-15/h2-9,14,16,19H,10-11H2,1H3. The third kappa shape index (κ3) is 2.53. The van der Waals surface area contributed by atoms with E-state index in [0.717, 1.165) is 11.4 Å². The van der Waals surface area contributed by atoms with Gasteiger partial charge in [0.25, 0.3) is 0 Å². The minimum absolute atomic E-state index is 0.0195. The van der Waals surface area contributed by atoms with Crippen LogP contribution in [-0.2, 0) is 4.74 Å². The maximum Gasteiger partial charge on any atom is 0.174 e. The molecule has 104 valence electrons. The van der Waals surface area contributed by atoms with Crippen molar-refractivity contribution in [2.24, 2.45) is 0 Å². The molecule has 2 aromatic rings. The molecule has 1 fully saturated rings. The molecule has 2 unspecified atom stereocenters. The van der Waals surface area contributed by atoms with E-state index < -0.39 is 0 Å². The second-order valence-electron chi connectivity index (χ2n) is 5.04. The van der Waals surface area contributed by atoms with Crippen molar-refractivity contribution in [2.75, 3.05) is 18.1 Å². The second-order valence-corrected chi connectivity index (χ2v) is 5.04. The lowest BCUT2D eigenvalue weighted by Crippen LogP contribution is -2.25. The number of rotatable bonds is 3. The molecule has 1 saturated heterocycles. The van der Waals surface area contributed by atoms with Gasteiger partial charge in [-0.15, -0.1) is 0 Å². The Kier molecular flexibility index (Phi) is 3.67. The van der Waals surface area contributed by atoms with Gasteiger partial charge >= 0.3 is 0 Å². The highest BCUT2D eigenvalue weighted by Crippen LogP contribution is 2.33. The van der Waals surface area contributed by atoms with Crippen molar-refractivity contribution in [1.29, 1.82) is 0 Å². The lowest BCUT2D eigenvalue weighted by Gasteiger charge is -2.24. The van der Waals surface area contributed by atoms with Gasteiger partial charge in [0.05, 0.1) is 12.3 Å². The number of ether oxygens (including phenoxy) is 1. The molecule has 20 heavy (non-hydrogen) atoms. The number of anilines is 1. The summed E-state index contributed by atoms with van der Waals surface area (Å²) >= 11 is 0. The SMILES string of the molecule is Cc1ccc(N2CC(CO)OC2c2ccccn2)cc1. The van der Waals surface area contributed by atoms with E-state index in [1.54, 1.807) is 6.20 Å². The zero-order chi connectivity index (χ0) is 13.9. The lowest BCUT2D eigenvalue weighted by atomic mass is 10.2. The predicted molar refractivity (Wildman–Crippen MR) is 77.5 cm³/mol. The molecule has 1 aliphatic rings. The molecule has 4 nitrogen and oxygen atoms in total. The van der Waals surface area contributed by atoms with Crippen LogP contribution in [0.5, 0.6) is 0 Å². The molecular weight excluding hydrogens is 252 g/mol. The van der Waals surface area contributed by atoms with Gasteiger partial charge in [-0.1, -0.05) is 23.8 Å². The molecule has 2 atom stereocenters. The van der Waals surface area contributed by atoms with E-state index in [4.69, 9.17) is 4.74 Å². The van der Waals surface area contributed by atoms with E-state index >= 15 is 0 Å². The van der Waals surface area contributed by atoms with Crippen molar-refractivity contribution in [1.82, 2.24) is 4.98 Å². The average molecular weight is 270 g/mol. The Balaban J connectivity index is 1.92. The van der Waals surface area contributed by atoms with Crippen LogP contribution in [0.1, 0.15) is 17.5 Å². The number of aryl methyl sites for hydroxylation is 1. The van der Waals surface area contributed by atoms with E-state index in [1.807, 2.05) is 18.2 Å². The van der Waals surface area contributed by atoms with E-state index in [1.165, 1.54) is 5.56 Å². The highest BCUT2D eigenvalue weighted by molar-refractivity contribution is 5.50. The smallest absolute Gasteiger partial charge is 0.174 e. The fourth-order valence-corrected chi connectivity index (χ4v) is 2.44. The number of hydrogen-bond acceptors (Lipinski definition) is 4. The topological polar surface area (TPSA) is 45.6 Å². The molecule has 0 aliphatic carbocycles. The summed E-state index contributed by atoms with van der Waals surface area (Å²) in [4.78, 5) is 6.52. The van der Waals surface area contributed by atoms with Gasteiger partial charge in [0.1, 0.15) is 6.10 Å². The van der Waals surface area contributed by atoms with Crippen LogP contribution in [0.2, 0.25) is 0 Å². The molecule has 0 bridgehead atoms. The maximum absolute atomic E-state index is 9.37. The summed E-state index contributed by atoms with van der Waals surface area (Å²) in [6, 6.07) is 14.1. The average Bonchev–Trinajstić information content (AvgIpc) is 2.93. The fourth-order valence-electron chi connectivity index (χ4n) is 2.44. The molecule has 0 spiro atoms. The first-order valence-electron chi connectivity index (χ1n) is 6.78. The lowest BCUT2D eigenvalue weighted by molar-refractivity contribution is 0.0129. The molecular formula is C16H18N2O2. The van der Waals surface area contributed by atoms with Crippen LogP contribution in [0.4, 0.5) is 5.69 Å². The monoisotopic (exact) mass is 270 g/mol. The van der Waals surface area contributed by atoms with Gasteiger partial charge in [0, 0.05) is 18.4 Å². The van der Waals surface area contributed by atoms with Gasteiger partial charge < -0.3 is 14.7 Å². The Bertz CT molecular complexity index is 556. The Hall–Kier alpha value is -1.91. The van der Waals surface area contributed by atoms with Crippen molar-refractivity contribution >= 4 is 5.69 Å². The molecule has 4 heteroatoms. The minimum atomic E-state index is -0.240. The van der Waals surface area contributed by atoms with Crippen LogP contribution in [0.15, 0.2) is 48.7 Å². The molecule has 3 rings (SSSR count). The highest BCUT2D eigenvalue weighted by atomic mass is 16.5. The number of nitrogens with zero attached hydrogens (tertiary/aromatic N) is 2. The van der Waals surface area contributed by atoms with E-state index in [2.05, 4.69) is 41.1 Å². The van der Waals surface area contributed by atoms with Crippen molar-refractivity contribution in [3.63, 3.8) is 0 Å². The van der Waals surface area contributed by atoms with Gasteiger partial charge in [-0.3, -0.25) is 4.98 Å². The summed E-state index contributed by atoms with van der Waals surface area (Å²) in [5.41, 5.74) is 3.17. The first-order valence-corrected chi connectivity index (χ1v) is 6.78. The Morgan fingerprint density at radius 2 is 2.05 bits per heavy atom. The summed E-state index contributed by atoms with van der Waals surface area (Å²) in [6.45, 7) is 2.75. The predicted octanol–water partition coefficient (Wildman–Crippen LogP) is 2.29. The van der Waals surface area contributed by atoms with Crippen LogP contribution in [0, 0.1) is 6.92 Å². The van der Waals surface area contributed by atoms with Crippen molar-refractivity contribution in [3.8, 4) is 0 Å². The quantitative estimate of drug-likeness (QED) is 0.929. The molecule has 1 aliphatic heterocycles. The molecule has 0 radical (unpaired) electrons. The fraction of sp³-hybridized carbons (Fsp3) is 0.312. The largest absolute Gasteiger partial charge is 0.394 e. The summed E-state index contributed by atoms with van der Waals surface area (Å²) in [6.07, 6.45) is 1.34. The molecule has 2 heterocycles. The van der Waals surface area contributed by atoms with E-state index in [-0.39, 0.29) is 18.9 Å². The summed E-state index contributed by atoms with van der Waals surface area (Å²) < 4.78 is 5.91. The first-order chi connectivity index (χ1) is 9.78. The summed E-state index contributed by atoms with van der Waals surface area (Å²) in [5.74, 6) is 0. The molecule has 1 N–H and O–H groups in total. The third-order valence-corrected chi connectivity index (χ3v) is 3.51. The second kappa shape index (κ2) is 5.61. The normalized spacial score (nSPS) is 22.2. The van der Waals surface area contributed by atoms with Crippen LogP contribution in [0.3, 0.4) is 0 Å². The van der Waals surface area contributed by atoms with E-state index in [0.29, 0.717) is 6.54 Å². The van der Waals surface area contributed by atoms with Crippen LogP contribution < -0.4 is 4.90 Å². The zero-order valence-corrected chi connectivity index (χ0v) is 11.4. The molecule has 1 aromatic heterocycles. The van der Waals surface area contributed by atoms with Crippen LogP contribution in [0.25, 0.3) is 0 Å². The van der Waals surface area contributed by atoms with Gasteiger partial charge in [0.2, 0.25) is 0 Å². The number of pyridine rings is 1.